The summed E-state index contributed by atoms with van der Waals surface area (Å²) in [5.74, 6) is -1.27. The van der Waals surface area contributed by atoms with Crippen molar-refractivity contribution in [2.45, 2.75) is 6.92 Å². The largest absolute Gasteiger partial charge is 0.465 e. The number of benzene rings is 3. The van der Waals surface area contributed by atoms with Gasteiger partial charge in [0.2, 0.25) is 0 Å². The van der Waals surface area contributed by atoms with Gasteiger partial charge in [0.05, 0.1) is 22.5 Å². The van der Waals surface area contributed by atoms with Gasteiger partial charge in [-0.3, -0.25) is 30.3 Å². The number of hydrogen-bond acceptors (Lipinski definition) is 10. The summed E-state index contributed by atoms with van der Waals surface area (Å²) in [6.45, 7) is 1.62. The molecule has 13 heteroatoms. The highest BCUT2D eigenvalue weighted by Crippen LogP contribution is 2.31. The summed E-state index contributed by atoms with van der Waals surface area (Å²) in [6.07, 6.45) is 0. The Hall–Kier alpha value is -5.33. The minimum absolute atomic E-state index is 0.0369. The van der Waals surface area contributed by atoms with Crippen LogP contribution >= 0.6 is 0 Å². The zero-order valence-electron chi connectivity index (χ0n) is 18.8. The van der Waals surface area contributed by atoms with Crippen molar-refractivity contribution < 1.29 is 28.6 Å². The molecule has 36 heavy (non-hydrogen) atoms. The van der Waals surface area contributed by atoms with Gasteiger partial charge in [0.25, 0.3) is 17.3 Å². The first-order valence-corrected chi connectivity index (χ1v) is 10.3. The Bertz CT molecular complexity index is 1550. The maximum Gasteiger partial charge on any atom is 0.337 e. The van der Waals surface area contributed by atoms with Gasteiger partial charge in [-0.05, 0) is 48.9 Å². The van der Waals surface area contributed by atoms with Gasteiger partial charge >= 0.3 is 12.0 Å². The normalized spacial score (nSPS) is 10.6. The molecule has 1 amide bonds. The summed E-state index contributed by atoms with van der Waals surface area (Å²) < 4.78 is 10.1. The van der Waals surface area contributed by atoms with E-state index in [9.17, 15) is 29.8 Å². The monoisotopic (exact) mass is 491 g/mol. The van der Waals surface area contributed by atoms with Crippen LogP contribution < -0.4 is 10.6 Å². The zero-order chi connectivity index (χ0) is 26.0. The Morgan fingerprint density at radius 1 is 0.944 bits per heavy atom. The van der Waals surface area contributed by atoms with E-state index in [1.54, 1.807) is 6.92 Å². The van der Waals surface area contributed by atoms with E-state index in [0.717, 1.165) is 6.07 Å². The quantitative estimate of drug-likeness (QED) is 0.208. The molecule has 3 aromatic carbocycles. The first-order valence-electron chi connectivity index (χ1n) is 10.3. The number of hydrogen-bond donors (Lipinski definition) is 2. The summed E-state index contributed by atoms with van der Waals surface area (Å²) in [5, 5.41) is 27.9. The lowest BCUT2D eigenvalue weighted by atomic mass is 10.1. The number of nitrogens with zero attached hydrogens (tertiary/aromatic N) is 3. The molecular weight excluding hydrogens is 474 g/mol. The molecule has 0 radical (unpaired) electrons. The molecular formula is C23H17N5O8. The Balaban J connectivity index is 1.57. The van der Waals surface area contributed by atoms with E-state index in [1.165, 1.54) is 55.6 Å². The van der Waals surface area contributed by atoms with Gasteiger partial charge < -0.3 is 14.5 Å². The molecule has 2 N–H and O–H groups in total. The number of rotatable bonds is 7. The Labute approximate surface area is 202 Å². The van der Waals surface area contributed by atoms with Crippen LogP contribution in [-0.2, 0) is 4.74 Å². The predicted molar refractivity (Wildman–Crippen MR) is 128 cm³/mol. The lowest BCUT2D eigenvalue weighted by Crippen LogP contribution is -2.12. The molecule has 4 aromatic rings. The number of anilines is 3. The van der Waals surface area contributed by atoms with Crippen molar-refractivity contribution >= 4 is 51.7 Å². The van der Waals surface area contributed by atoms with Crippen molar-refractivity contribution in [3.8, 4) is 0 Å². The van der Waals surface area contributed by atoms with Gasteiger partial charge in [-0.2, -0.15) is 4.98 Å². The van der Waals surface area contributed by atoms with Crippen LogP contribution in [0.5, 0.6) is 0 Å². The van der Waals surface area contributed by atoms with E-state index < -0.39 is 21.7 Å². The smallest absolute Gasteiger partial charge is 0.337 e. The van der Waals surface area contributed by atoms with Crippen LogP contribution in [0.3, 0.4) is 0 Å². The molecule has 0 unspecified atom stereocenters. The molecule has 4 rings (SSSR count). The second kappa shape index (κ2) is 9.50. The zero-order valence-corrected chi connectivity index (χ0v) is 18.8. The number of carbonyl (C=O) groups excluding carboxylic acids is 2. The first-order chi connectivity index (χ1) is 17.2. The molecule has 0 saturated heterocycles. The molecule has 0 aliphatic rings. The second-order valence-corrected chi connectivity index (χ2v) is 7.52. The van der Waals surface area contributed by atoms with Gasteiger partial charge in [0, 0.05) is 29.4 Å². The van der Waals surface area contributed by atoms with E-state index in [2.05, 4.69) is 20.4 Å². The number of esters is 1. The molecule has 1 heterocycles. The lowest BCUT2D eigenvalue weighted by Gasteiger charge is -2.11. The molecule has 182 valence electrons. The van der Waals surface area contributed by atoms with Gasteiger partial charge in [-0.1, -0.05) is 0 Å². The van der Waals surface area contributed by atoms with Gasteiger partial charge in [0.15, 0.2) is 5.58 Å². The molecule has 0 fully saturated rings. The number of aromatic nitrogens is 1. The van der Waals surface area contributed by atoms with E-state index in [0.29, 0.717) is 22.4 Å². The lowest BCUT2D eigenvalue weighted by molar-refractivity contribution is -0.384. The molecule has 0 atom stereocenters. The number of ether oxygens (including phenoxy) is 1. The number of oxazole rings is 1. The summed E-state index contributed by atoms with van der Waals surface area (Å²) in [5.41, 5.74) is 1.35. The molecule has 0 spiro atoms. The number of methoxy groups -OCH3 is 1. The van der Waals surface area contributed by atoms with Crippen molar-refractivity contribution in [3.05, 3.63) is 91.5 Å². The molecule has 0 bridgehead atoms. The van der Waals surface area contributed by atoms with Crippen LogP contribution in [0, 0.1) is 27.2 Å². The first kappa shape index (κ1) is 23.8. The summed E-state index contributed by atoms with van der Waals surface area (Å²) in [4.78, 5) is 49.9. The topological polar surface area (TPSA) is 180 Å². The highest BCUT2D eigenvalue weighted by molar-refractivity contribution is 6.04. The number of amides is 1. The van der Waals surface area contributed by atoms with Crippen molar-refractivity contribution in [1.82, 2.24) is 4.98 Å². The predicted octanol–water partition coefficient (Wildman–Crippen LogP) is 4.74. The Kier molecular flexibility index (Phi) is 6.28. The van der Waals surface area contributed by atoms with Gasteiger partial charge in [0.1, 0.15) is 11.2 Å². The number of carbonyl (C=O) groups is 2. The van der Waals surface area contributed by atoms with Crippen LogP contribution in [-0.4, -0.2) is 33.8 Å². The minimum Gasteiger partial charge on any atom is -0.465 e. The summed E-state index contributed by atoms with van der Waals surface area (Å²) >= 11 is 0. The average Bonchev–Trinajstić information content (AvgIpc) is 3.26. The van der Waals surface area contributed by atoms with Crippen LogP contribution in [0.4, 0.5) is 28.8 Å². The van der Waals surface area contributed by atoms with Gasteiger partial charge in [-0.15, -0.1) is 0 Å². The highest BCUT2D eigenvalue weighted by atomic mass is 16.6. The maximum absolute atomic E-state index is 12.7. The van der Waals surface area contributed by atoms with Crippen LogP contribution in [0.15, 0.2) is 59.0 Å². The summed E-state index contributed by atoms with van der Waals surface area (Å²) in [7, 11) is 1.24. The van der Waals surface area contributed by atoms with Crippen molar-refractivity contribution in [2.75, 3.05) is 17.7 Å². The fraction of sp³-hybridized carbons (Fsp3) is 0.0870. The van der Waals surface area contributed by atoms with E-state index >= 15 is 0 Å². The fourth-order valence-electron chi connectivity index (χ4n) is 3.37. The van der Waals surface area contributed by atoms with Crippen molar-refractivity contribution in [3.63, 3.8) is 0 Å². The molecule has 13 nitrogen and oxygen atoms in total. The fourth-order valence-corrected chi connectivity index (χ4v) is 3.37. The van der Waals surface area contributed by atoms with Crippen molar-refractivity contribution in [2.24, 2.45) is 0 Å². The number of nitrogens with one attached hydrogen (secondary N) is 2. The Morgan fingerprint density at radius 2 is 1.67 bits per heavy atom. The van der Waals surface area contributed by atoms with Crippen LogP contribution in [0.25, 0.3) is 11.1 Å². The minimum atomic E-state index is -0.712. The third kappa shape index (κ3) is 4.79. The van der Waals surface area contributed by atoms with E-state index in [4.69, 9.17) is 4.42 Å². The standard InChI is InChI=1S/C23H17N5O8/c1-12-9-15(27(31)32)5-7-16(12)24-17-6-3-13(11-19(17)28(33)34)21(29)26-23-25-18-10-14(22(30)35-2)4-8-20(18)36-23/h3-11,24H,1-2H3,(H,25,26,29). The summed E-state index contributed by atoms with van der Waals surface area (Å²) in [6, 6.07) is 12.1. The Morgan fingerprint density at radius 3 is 2.33 bits per heavy atom. The highest BCUT2D eigenvalue weighted by Gasteiger charge is 2.20. The third-order valence-corrected chi connectivity index (χ3v) is 5.18. The molecule has 0 saturated carbocycles. The number of nitro groups is 2. The number of fused-ring (bicyclic) bond motifs is 1. The third-order valence-electron chi connectivity index (χ3n) is 5.18. The van der Waals surface area contributed by atoms with Crippen molar-refractivity contribution in [1.29, 1.82) is 0 Å². The SMILES string of the molecule is COC(=O)c1ccc2oc(NC(=O)c3ccc(Nc4ccc([N+](=O)[O-])cc4C)c([N+](=O)[O-])c3)nc2c1. The second-order valence-electron chi connectivity index (χ2n) is 7.52. The maximum atomic E-state index is 12.7. The number of non-ortho nitro benzene ring substituents is 1. The molecule has 0 aliphatic carbocycles. The molecule has 0 aliphatic heterocycles. The van der Waals surface area contributed by atoms with Crippen LogP contribution in [0.2, 0.25) is 0 Å². The van der Waals surface area contributed by atoms with Gasteiger partial charge in [-0.25, -0.2) is 4.79 Å². The van der Waals surface area contributed by atoms with E-state index in [1.807, 2.05) is 0 Å². The van der Waals surface area contributed by atoms with E-state index in [-0.39, 0.29) is 34.2 Å². The van der Waals surface area contributed by atoms with Crippen LogP contribution in [0.1, 0.15) is 26.3 Å². The average molecular weight is 491 g/mol. The number of aryl methyl sites for hydroxylation is 1. The number of nitro benzene ring substituents is 2. The molecule has 1 aromatic heterocycles.